The first kappa shape index (κ1) is 14.4. The highest BCUT2D eigenvalue weighted by Gasteiger charge is 2.42. The molecule has 0 bridgehead atoms. The van der Waals surface area contributed by atoms with Crippen molar-refractivity contribution in [2.24, 2.45) is 0 Å². The van der Waals surface area contributed by atoms with E-state index in [0.717, 1.165) is 13.1 Å². The molecular formula is C17H19N3O3. The van der Waals surface area contributed by atoms with Crippen LogP contribution in [0.25, 0.3) is 0 Å². The highest BCUT2D eigenvalue weighted by atomic mass is 16.5. The number of carbonyl (C=O) groups excluding carboxylic acids is 1. The molecule has 0 aliphatic carbocycles. The summed E-state index contributed by atoms with van der Waals surface area (Å²) in [7, 11) is 0. The molecule has 1 aromatic heterocycles. The number of nitrogens with zero attached hydrogens (tertiary/aromatic N) is 3. The summed E-state index contributed by atoms with van der Waals surface area (Å²) in [6.07, 6.45) is 1.50. The molecule has 2 fully saturated rings. The zero-order valence-corrected chi connectivity index (χ0v) is 12.8. The van der Waals surface area contributed by atoms with Crippen molar-refractivity contribution in [1.29, 1.82) is 0 Å². The molecule has 4 rings (SSSR count). The van der Waals surface area contributed by atoms with Crippen molar-refractivity contribution >= 4 is 5.91 Å². The Hall–Kier alpha value is -2.18. The minimum Gasteiger partial charge on any atom is -0.373 e. The molecule has 6 nitrogen and oxygen atoms in total. The summed E-state index contributed by atoms with van der Waals surface area (Å²) >= 11 is 0. The number of hydrogen-bond acceptors (Lipinski definition) is 5. The van der Waals surface area contributed by atoms with Gasteiger partial charge in [0.05, 0.1) is 18.8 Å². The number of morpholine rings is 1. The van der Waals surface area contributed by atoms with Gasteiger partial charge in [-0.25, -0.2) is 0 Å². The lowest BCUT2D eigenvalue weighted by atomic mass is 10.1. The molecule has 2 saturated heterocycles. The van der Waals surface area contributed by atoms with Crippen molar-refractivity contribution < 1.29 is 14.1 Å². The molecule has 1 aromatic carbocycles. The number of amides is 1. The Morgan fingerprint density at radius 2 is 2.09 bits per heavy atom. The second-order valence-electron chi connectivity index (χ2n) is 6.03. The number of ether oxygens (including phenoxy) is 1. The summed E-state index contributed by atoms with van der Waals surface area (Å²) in [6.45, 7) is 3.77. The Morgan fingerprint density at radius 1 is 1.22 bits per heavy atom. The molecule has 2 atom stereocenters. The first-order chi connectivity index (χ1) is 11.3. The first-order valence-corrected chi connectivity index (χ1v) is 7.90. The van der Waals surface area contributed by atoms with Crippen molar-refractivity contribution in [3.63, 3.8) is 0 Å². The number of carbonyl (C=O) groups is 1. The lowest BCUT2D eigenvalue weighted by molar-refractivity contribution is -0.0503. The normalized spacial score (nSPS) is 24.6. The molecule has 0 radical (unpaired) electrons. The first-order valence-electron chi connectivity index (χ1n) is 7.90. The van der Waals surface area contributed by atoms with Crippen LogP contribution in [0.2, 0.25) is 0 Å². The Kier molecular flexibility index (Phi) is 3.85. The minimum atomic E-state index is -0.0867. The molecular weight excluding hydrogens is 294 g/mol. The highest BCUT2D eigenvalue weighted by molar-refractivity contribution is 5.92. The van der Waals surface area contributed by atoms with Crippen LogP contribution in [0.4, 0.5) is 0 Å². The molecule has 2 aliphatic heterocycles. The smallest absolute Gasteiger partial charge is 0.276 e. The van der Waals surface area contributed by atoms with E-state index in [1.165, 1.54) is 11.8 Å². The molecule has 2 aromatic rings. The van der Waals surface area contributed by atoms with Crippen LogP contribution >= 0.6 is 0 Å². The van der Waals surface area contributed by atoms with Crippen LogP contribution in [0.1, 0.15) is 16.1 Å². The second kappa shape index (κ2) is 6.14. The van der Waals surface area contributed by atoms with Gasteiger partial charge in [0.25, 0.3) is 5.91 Å². The average molecular weight is 313 g/mol. The van der Waals surface area contributed by atoms with Crippen molar-refractivity contribution in [2.75, 3.05) is 26.2 Å². The molecule has 0 spiro atoms. The van der Waals surface area contributed by atoms with Gasteiger partial charge in [-0.2, -0.15) is 0 Å². The van der Waals surface area contributed by atoms with Crippen molar-refractivity contribution in [2.45, 2.75) is 18.7 Å². The van der Waals surface area contributed by atoms with E-state index in [1.807, 2.05) is 11.0 Å². The monoisotopic (exact) mass is 313 g/mol. The van der Waals surface area contributed by atoms with Gasteiger partial charge in [0.2, 0.25) is 0 Å². The van der Waals surface area contributed by atoms with E-state index in [2.05, 4.69) is 34.3 Å². The minimum absolute atomic E-state index is 0.0725. The topological polar surface area (TPSA) is 58.8 Å². The van der Waals surface area contributed by atoms with Crippen molar-refractivity contribution in [1.82, 2.24) is 15.0 Å². The van der Waals surface area contributed by atoms with E-state index in [0.29, 0.717) is 25.4 Å². The number of likely N-dealkylation sites (tertiary alicyclic amines) is 1. The molecule has 1 amide bonds. The molecule has 0 N–H and O–H groups in total. The lowest BCUT2D eigenvalue weighted by Crippen LogP contribution is -2.50. The van der Waals surface area contributed by atoms with E-state index in [-0.39, 0.29) is 18.1 Å². The van der Waals surface area contributed by atoms with Crippen LogP contribution in [0.15, 0.2) is 47.2 Å². The van der Waals surface area contributed by atoms with Gasteiger partial charge < -0.3 is 14.2 Å². The second-order valence-corrected chi connectivity index (χ2v) is 6.03. The fourth-order valence-corrected chi connectivity index (χ4v) is 3.42. The summed E-state index contributed by atoms with van der Waals surface area (Å²) in [5, 5.41) is 3.74. The zero-order chi connectivity index (χ0) is 15.6. The Morgan fingerprint density at radius 3 is 2.87 bits per heavy atom. The van der Waals surface area contributed by atoms with Crippen LogP contribution in [0.5, 0.6) is 0 Å². The van der Waals surface area contributed by atoms with Crippen LogP contribution in [0, 0.1) is 0 Å². The summed E-state index contributed by atoms with van der Waals surface area (Å²) in [5.74, 6) is -0.0867. The Balaban J connectivity index is 1.47. The molecule has 2 aliphatic rings. The molecule has 0 saturated carbocycles. The molecule has 3 heterocycles. The fraction of sp³-hybridized carbons (Fsp3) is 0.412. The predicted molar refractivity (Wildman–Crippen MR) is 82.8 cm³/mol. The third-order valence-electron chi connectivity index (χ3n) is 4.59. The van der Waals surface area contributed by atoms with Gasteiger partial charge >= 0.3 is 0 Å². The SMILES string of the molecule is O=C(c1ccon1)N1C[C@@H]2OCCN(Cc3ccccc3)[C@@H]2C1. The van der Waals surface area contributed by atoms with Crippen LogP contribution in [0.3, 0.4) is 0 Å². The molecule has 23 heavy (non-hydrogen) atoms. The van der Waals surface area contributed by atoms with Gasteiger partial charge in [0.1, 0.15) is 6.26 Å². The lowest BCUT2D eigenvalue weighted by Gasteiger charge is -2.36. The van der Waals surface area contributed by atoms with Gasteiger partial charge in [-0.15, -0.1) is 0 Å². The highest BCUT2D eigenvalue weighted by Crippen LogP contribution is 2.25. The van der Waals surface area contributed by atoms with E-state index in [9.17, 15) is 4.79 Å². The van der Waals surface area contributed by atoms with Gasteiger partial charge in [0.15, 0.2) is 5.69 Å². The van der Waals surface area contributed by atoms with Gasteiger partial charge in [-0.3, -0.25) is 9.69 Å². The van der Waals surface area contributed by atoms with Crippen molar-refractivity contribution in [3.05, 3.63) is 53.9 Å². The number of rotatable bonds is 3. The quantitative estimate of drug-likeness (QED) is 0.857. The van der Waals surface area contributed by atoms with Crippen LogP contribution in [-0.4, -0.2) is 59.3 Å². The van der Waals surface area contributed by atoms with Crippen molar-refractivity contribution in [3.8, 4) is 0 Å². The third-order valence-corrected chi connectivity index (χ3v) is 4.59. The van der Waals surface area contributed by atoms with E-state index < -0.39 is 0 Å². The third kappa shape index (κ3) is 2.87. The maximum absolute atomic E-state index is 12.4. The average Bonchev–Trinajstić information content (AvgIpc) is 3.25. The number of fused-ring (bicyclic) bond motifs is 1. The van der Waals surface area contributed by atoms with Gasteiger partial charge in [-0.1, -0.05) is 35.5 Å². The number of hydrogen-bond donors (Lipinski definition) is 0. The zero-order valence-electron chi connectivity index (χ0n) is 12.8. The molecule has 0 unspecified atom stereocenters. The molecule has 6 heteroatoms. The van der Waals surface area contributed by atoms with E-state index >= 15 is 0 Å². The molecule has 120 valence electrons. The van der Waals surface area contributed by atoms with E-state index in [1.54, 1.807) is 6.07 Å². The predicted octanol–water partition coefficient (Wildman–Crippen LogP) is 1.40. The number of benzene rings is 1. The summed E-state index contributed by atoms with van der Waals surface area (Å²) in [5.41, 5.74) is 1.65. The van der Waals surface area contributed by atoms with Gasteiger partial charge in [0, 0.05) is 32.2 Å². The van der Waals surface area contributed by atoms with Crippen LogP contribution < -0.4 is 0 Å². The largest absolute Gasteiger partial charge is 0.373 e. The maximum atomic E-state index is 12.4. The number of aromatic nitrogens is 1. The summed E-state index contributed by atoms with van der Waals surface area (Å²) in [4.78, 5) is 16.7. The summed E-state index contributed by atoms with van der Waals surface area (Å²) in [6, 6.07) is 12.3. The summed E-state index contributed by atoms with van der Waals surface area (Å²) < 4.78 is 10.7. The van der Waals surface area contributed by atoms with E-state index in [4.69, 9.17) is 9.26 Å². The Bertz CT molecular complexity index is 659. The Labute approximate surface area is 134 Å². The fourth-order valence-electron chi connectivity index (χ4n) is 3.42. The van der Waals surface area contributed by atoms with Gasteiger partial charge in [-0.05, 0) is 5.56 Å². The standard InChI is InChI=1S/C17H19N3O3/c21-17(14-6-8-23-18-14)20-11-15-16(12-20)22-9-7-19(15)10-13-4-2-1-3-5-13/h1-6,8,15-16H,7,9-12H2/t15-,16+/m1/s1. The van der Waals surface area contributed by atoms with Crippen LogP contribution in [-0.2, 0) is 11.3 Å². The maximum Gasteiger partial charge on any atom is 0.276 e.